The van der Waals surface area contributed by atoms with Gasteiger partial charge >= 0.3 is 0 Å². The van der Waals surface area contributed by atoms with Crippen LogP contribution in [0.4, 0.5) is 0 Å². The number of nitrogens with zero attached hydrogens (tertiary/aromatic N) is 4. The van der Waals surface area contributed by atoms with E-state index in [9.17, 15) is 0 Å². The molecule has 9 aromatic rings. The van der Waals surface area contributed by atoms with Gasteiger partial charge < -0.3 is 13.9 Å². The molecule has 0 spiro atoms. The van der Waals surface area contributed by atoms with Crippen molar-refractivity contribution in [2.24, 2.45) is 0 Å². The third-order valence-corrected chi connectivity index (χ3v) is 11.0. The van der Waals surface area contributed by atoms with E-state index in [2.05, 4.69) is 134 Å². The summed E-state index contributed by atoms with van der Waals surface area (Å²) in [5.41, 5.74) is 8.09. The van der Waals surface area contributed by atoms with Gasteiger partial charge in [-0.15, -0.1) is 29.7 Å². The first-order chi connectivity index (χ1) is 30.2. The molecule has 0 saturated heterocycles. The van der Waals surface area contributed by atoms with Crippen molar-refractivity contribution in [1.82, 2.24) is 14.1 Å². The molecule has 0 radical (unpaired) electrons. The van der Waals surface area contributed by atoms with Gasteiger partial charge in [0.2, 0.25) is 0 Å². The van der Waals surface area contributed by atoms with Gasteiger partial charge in [-0.25, -0.2) is 4.98 Å². The predicted molar refractivity (Wildman–Crippen MR) is 242 cm³/mol. The first-order valence-electron chi connectivity index (χ1n) is 22.6. The van der Waals surface area contributed by atoms with Crippen molar-refractivity contribution in [2.75, 3.05) is 0 Å². The largest absolute Gasteiger partial charge is 0.510 e. The van der Waals surface area contributed by atoms with Crippen LogP contribution in [0.1, 0.15) is 85.9 Å². The molecule has 0 amide bonds. The van der Waals surface area contributed by atoms with Crippen LogP contribution in [0.25, 0.3) is 61.2 Å². The molecule has 0 atom stereocenters. The first-order valence-corrected chi connectivity index (χ1v) is 20.1. The Morgan fingerprint density at radius 2 is 1.37 bits per heavy atom. The molecule has 0 aliphatic carbocycles. The van der Waals surface area contributed by atoms with Crippen LogP contribution >= 0.6 is 0 Å². The number of hydrogen-bond acceptors (Lipinski definition) is 2. The van der Waals surface area contributed by atoms with Gasteiger partial charge in [-0.05, 0) is 79.4 Å². The topological polar surface area (TPSA) is 35.9 Å². The molecule has 9 rings (SSSR count). The zero-order valence-corrected chi connectivity index (χ0v) is 37.7. The van der Waals surface area contributed by atoms with Crippen LogP contribution in [0.15, 0.2) is 140 Å². The second-order valence-electron chi connectivity index (χ2n) is 18.3. The quantitative estimate of drug-likeness (QED) is 0.123. The molecule has 0 N–H and O–H groups in total. The van der Waals surface area contributed by atoms with Gasteiger partial charge in [0, 0.05) is 44.3 Å². The van der Waals surface area contributed by atoms with Gasteiger partial charge in [0.15, 0.2) is 0 Å². The number of benzene rings is 6. The summed E-state index contributed by atoms with van der Waals surface area (Å²) < 4.78 is 56.2. The fourth-order valence-electron chi connectivity index (χ4n) is 7.82. The van der Waals surface area contributed by atoms with Gasteiger partial charge in [-0.2, -0.15) is 18.2 Å². The van der Waals surface area contributed by atoms with Crippen LogP contribution in [0.5, 0.6) is 11.5 Å². The Morgan fingerprint density at radius 1 is 0.650 bits per heavy atom. The van der Waals surface area contributed by atoms with Crippen LogP contribution in [-0.4, -0.2) is 14.1 Å². The molecular formula is C54H50N4OPt-2. The molecule has 0 unspecified atom stereocenters. The molecule has 0 bridgehead atoms. The Morgan fingerprint density at radius 3 is 2.12 bits per heavy atom. The molecule has 0 aliphatic heterocycles. The zero-order chi connectivity index (χ0) is 45.6. The molecule has 5 nitrogen and oxygen atoms in total. The van der Waals surface area contributed by atoms with Crippen LogP contribution in [0.3, 0.4) is 0 Å². The van der Waals surface area contributed by atoms with Gasteiger partial charge in [0.1, 0.15) is 5.82 Å². The number of aromatic nitrogens is 4. The molecule has 3 heterocycles. The van der Waals surface area contributed by atoms with E-state index in [1.165, 1.54) is 5.56 Å². The Bertz CT molecular complexity index is 3300. The second kappa shape index (κ2) is 15.4. The zero-order valence-electron chi connectivity index (χ0n) is 40.4. The van der Waals surface area contributed by atoms with Crippen molar-refractivity contribution in [3.05, 3.63) is 175 Å². The Hall–Kier alpha value is -5.77. The summed E-state index contributed by atoms with van der Waals surface area (Å²) in [7, 11) is 0. The molecule has 3 aromatic heterocycles. The van der Waals surface area contributed by atoms with Crippen molar-refractivity contribution in [2.45, 2.75) is 78.6 Å². The van der Waals surface area contributed by atoms with E-state index in [-0.39, 0.29) is 61.6 Å². The average Bonchev–Trinajstić information content (AvgIpc) is 3.80. The van der Waals surface area contributed by atoms with Crippen LogP contribution in [0.2, 0.25) is 0 Å². The molecule has 304 valence electrons. The van der Waals surface area contributed by atoms with E-state index >= 15 is 0 Å². The number of para-hydroxylation sites is 2. The minimum absolute atomic E-state index is 0. The van der Waals surface area contributed by atoms with E-state index in [0.717, 1.165) is 49.8 Å². The van der Waals surface area contributed by atoms with Crippen LogP contribution < -0.4 is 9.30 Å². The summed E-state index contributed by atoms with van der Waals surface area (Å²) in [4.78, 5) is 4.83. The number of imidazole rings is 1. The van der Waals surface area contributed by atoms with Gasteiger partial charge in [-0.3, -0.25) is 4.57 Å². The summed E-state index contributed by atoms with van der Waals surface area (Å²) in [5, 5.41) is 2.13. The van der Waals surface area contributed by atoms with E-state index < -0.39 is 11.5 Å². The predicted octanol–water partition coefficient (Wildman–Crippen LogP) is 13.1. The van der Waals surface area contributed by atoms with Gasteiger partial charge in [0.05, 0.1) is 23.6 Å². The standard InChI is InChI=1S/C54H50N4O.Pt/c1-52(2,3)37-25-28-47-49(31-37)56(35-57(47)51-42(36-17-11-10-12-18-36)22-16-23-45(51)54(7,8)9)39-19-15-20-40(33-39)59-41-26-27-44-43-21-13-14-24-46(43)58(48(44)34-41)50-32-38(29-30-55-50)53(4,5)6;/h10-32H,1-9H3;/q-2;/i10D,11D,12D,17D,18D;. The first kappa shape index (κ1) is 35.0. The smallest absolute Gasteiger partial charge is 0.268 e. The third kappa shape index (κ3) is 7.50. The minimum Gasteiger partial charge on any atom is -0.510 e. The van der Waals surface area contributed by atoms with E-state index in [1.54, 1.807) is 0 Å². The second-order valence-corrected chi connectivity index (χ2v) is 18.3. The van der Waals surface area contributed by atoms with Crippen LogP contribution in [0, 0.1) is 18.5 Å². The summed E-state index contributed by atoms with van der Waals surface area (Å²) in [6, 6.07) is 39.8. The molecule has 6 heteroatoms. The Kier molecular flexibility index (Phi) is 8.97. The third-order valence-electron chi connectivity index (χ3n) is 11.0. The van der Waals surface area contributed by atoms with Crippen molar-refractivity contribution in [1.29, 1.82) is 0 Å². The summed E-state index contributed by atoms with van der Waals surface area (Å²) >= 11 is 0. The fraction of sp³-hybridized carbons (Fsp3) is 0.222. The summed E-state index contributed by atoms with van der Waals surface area (Å²) in [5.74, 6) is 1.80. The number of hydrogen-bond donors (Lipinski definition) is 0. The Balaban J connectivity index is 0.00000576. The maximum absolute atomic E-state index is 9.01. The normalized spacial score (nSPS) is 13.4. The molecular weight excluding hydrogens is 916 g/mol. The SMILES string of the molecule is [2H]c1c([2H])c([2H])c(-c2cccc(C(C)(C)C)c2-[n+]2[c-]n(-c3[c-]c(Oc4[c-]c5c(cc4)c4ccccc4n5-c4cc(C(C)(C)C)ccn4)ccc3)c3cc(C(C)(C)C)ccc32)c([2H])c1[2H].[Pt]. The number of rotatable bonds is 6. The molecule has 0 fully saturated rings. The monoisotopic (exact) mass is 970 g/mol. The maximum atomic E-state index is 9.01. The van der Waals surface area contributed by atoms with E-state index in [0.29, 0.717) is 28.4 Å². The number of fused-ring (bicyclic) bond motifs is 4. The van der Waals surface area contributed by atoms with E-state index in [1.807, 2.05) is 69.9 Å². The van der Waals surface area contributed by atoms with Crippen molar-refractivity contribution >= 4 is 32.8 Å². The molecule has 0 saturated carbocycles. The minimum atomic E-state index is -0.432. The van der Waals surface area contributed by atoms with Crippen molar-refractivity contribution in [3.8, 4) is 39.8 Å². The molecule has 0 aliphatic rings. The summed E-state index contributed by atoms with van der Waals surface area (Å²) in [6.45, 7) is 19.4. The average molecular weight is 971 g/mol. The number of pyridine rings is 1. The van der Waals surface area contributed by atoms with E-state index in [4.69, 9.17) is 16.6 Å². The van der Waals surface area contributed by atoms with Gasteiger partial charge in [-0.1, -0.05) is 147 Å². The van der Waals surface area contributed by atoms with Crippen molar-refractivity contribution in [3.63, 3.8) is 0 Å². The summed E-state index contributed by atoms with van der Waals surface area (Å²) in [6.07, 6.45) is 5.52. The molecule has 6 aromatic carbocycles. The van der Waals surface area contributed by atoms with Crippen molar-refractivity contribution < 1.29 is 37.2 Å². The Labute approximate surface area is 375 Å². The number of ether oxygens (including phenoxy) is 1. The van der Waals surface area contributed by atoms with Gasteiger partial charge in [0.25, 0.3) is 6.33 Å². The maximum Gasteiger partial charge on any atom is 0.268 e. The fourth-order valence-corrected chi connectivity index (χ4v) is 7.82. The van der Waals surface area contributed by atoms with Crippen LogP contribution in [-0.2, 0) is 37.3 Å². The molecule has 60 heavy (non-hydrogen) atoms.